The van der Waals surface area contributed by atoms with Crippen LogP contribution in [0.4, 0.5) is 14.5 Å². The highest BCUT2D eigenvalue weighted by atomic mass is 32.2. The summed E-state index contributed by atoms with van der Waals surface area (Å²) in [6, 6.07) is 3.75. The Bertz CT molecular complexity index is 884. The molecule has 1 aromatic heterocycles. The van der Waals surface area contributed by atoms with Gasteiger partial charge in [0.1, 0.15) is 0 Å². The van der Waals surface area contributed by atoms with Crippen LogP contribution < -0.4 is 4.90 Å². The third-order valence-corrected chi connectivity index (χ3v) is 7.72. The fraction of sp³-hybridized carbons (Fsp3) is 0.438. The van der Waals surface area contributed by atoms with Crippen LogP contribution in [-0.4, -0.2) is 43.9 Å². The van der Waals surface area contributed by atoms with Crippen LogP contribution in [0, 0.1) is 25.5 Å². The molecule has 0 atom stereocenters. The Balaban J connectivity index is 1.79. The zero-order valence-electron chi connectivity index (χ0n) is 14.0. The summed E-state index contributed by atoms with van der Waals surface area (Å²) in [6.45, 7) is 5.15. The van der Waals surface area contributed by atoms with Crippen LogP contribution in [0.5, 0.6) is 0 Å². The highest BCUT2D eigenvalue weighted by molar-refractivity contribution is 7.91. The Labute approximate surface area is 150 Å². The third-order valence-electron chi connectivity index (χ3n) is 4.16. The monoisotopic (exact) mass is 387 g/mol. The molecule has 3 rings (SSSR count). The number of rotatable bonds is 3. The van der Waals surface area contributed by atoms with Gasteiger partial charge in [-0.2, -0.15) is 4.31 Å². The summed E-state index contributed by atoms with van der Waals surface area (Å²) < 4.78 is 54.1. The van der Waals surface area contributed by atoms with E-state index in [0.717, 1.165) is 12.1 Å². The molecule has 0 amide bonds. The van der Waals surface area contributed by atoms with Crippen molar-refractivity contribution >= 4 is 27.0 Å². The van der Waals surface area contributed by atoms with Crippen LogP contribution in [0.1, 0.15) is 17.1 Å². The second-order valence-corrected chi connectivity index (χ2v) is 9.29. The van der Waals surface area contributed by atoms with E-state index in [1.165, 1.54) is 21.7 Å². The highest BCUT2D eigenvalue weighted by Gasteiger charge is 2.30. The first-order valence-electron chi connectivity index (χ1n) is 7.93. The predicted octanol–water partition coefficient (Wildman–Crippen LogP) is 2.94. The fourth-order valence-corrected chi connectivity index (χ4v) is 6.03. The predicted molar refractivity (Wildman–Crippen MR) is 93.5 cm³/mol. The van der Waals surface area contributed by atoms with Crippen LogP contribution in [0.25, 0.3) is 0 Å². The lowest BCUT2D eigenvalue weighted by atomic mass is 10.2. The molecule has 0 N–H and O–H groups in total. The van der Waals surface area contributed by atoms with E-state index >= 15 is 0 Å². The van der Waals surface area contributed by atoms with Crippen molar-refractivity contribution in [3.63, 3.8) is 0 Å². The van der Waals surface area contributed by atoms with Gasteiger partial charge in [-0.15, -0.1) is 11.3 Å². The summed E-state index contributed by atoms with van der Waals surface area (Å²) in [7, 11) is -3.59. The molecule has 1 aliphatic rings. The molecule has 2 heterocycles. The first kappa shape index (κ1) is 18.2. The van der Waals surface area contributed by atoms with Crippen molar-refractivity contribution < 1.29 is 17.2 Å². The van der Waals surface area contributed by atoms with Crippen molar-refractivity contribution in [3.8, 4) is 0 Å². The van der Waals surface area contributed by atoms with E-state index in [2.05, 4.69) is 4.98 Å². The number of benzene rings is 1. The number of halogens is 2. The summed E-state index contributed by atoms with van der Waals surface area (Å²) in [5, 5.41) is 0.717. The van der Waals surface area contributed by atoms with Crippen LogP contribution >= 0.6 is 11.3 Å². The fourth-order valence-electron chi connectivity index (χ4n) is 2.94. The Morgan fingerprint density at radius 1 is 1.08 bits per heavy atom. The van der Waals surface area contributed by atoms with Gasteiger partial charge in [0.25, 0.3) is 10.0 Å². The Morgan fingerprint density at radius 3 is 2.48 bits per heavy atom. The Morgan fingerprint density at radius 2 is 1.84 bits per heavy atom. The summed E-state index contributed by atoms with van der Waals surface area (Å²) in [5.41, 5.74) is 1.08. The minimum Gasteiger partial charge on any atom is -0.370 e. The number of nitrogens with zero attached hydrogens (tertiary/aromatic N) is 3. The number of thiazole rings is 1. The first-order chi connectivity index (χ1) is 11.8. The molecule has 2 aromatic rings. The number of sulfonamides is 1. The zero-order chi connectivity index (χ0) is 18.2. The lowest BCUT2D eigenvalue weighted by Gasteiger charge is -2.23. The summed E-state index contributed by atoms with van der Waals surface area (Å²) in [6.07, 6.45) is 0.606. The Hall–Kier alpha value is -1.58. The van der Waals surface area contributed by atoms with Crippen molar-refractivity contribution in [1.29, 1.82) is 0 Å². The maximum absolute atomic E-state index is 13.5. The number of hydrogen-bond donors (Lipinski definition) is 0. The number of anilines is 1. The van der Waals surface area contributed by atoms with Crippen molar-refractivity contribution in [2.75, 3.05) is 31.1 Å². The molecule has 136 valence electrons. The van der Waals surface area contributed by atoms with E-state index in [4.69, 9.17) is 0 Å². The van der Waals surface area contributed by atoms with Gasteiger partial charge in [-0.25, -0.2) is 22.2 Å². The first-order valence-corrected chi connectivity index (χ1v) is 10.2. The van der Waals surface area contributed by atoms with Crippen LogP contribution in [0.3, 0.4) is 0 Å². The molecule has 0 spiro atoms. The minimum absolute atomic E-state index is 0.284. The lowest BCUT2D eigenvalue weighted by molar-refractivity contribution is 0.434. The average Bonchev–Trinajstić information content (AvgIpc) is 2.76. The van der Waals surface area contributed by atoms with Crippen LogP contribution in [-0.2, 0) is 10.0 Å². The summed E-state index contributed by atoms with van der Waals surface area (Å²) in [4.78, 5) is 6.08. The van der Waals surface area contributed by atoms with Gasteiger partial charge in [0.05, 0.1) is 10.7 Å². The molecule has 0 unspecified atom stereocenters. The molecule has 1 aliphatic heterocycles. The number of aryl methyl sites for hydroxylation is 2. The molecule has 0 bridgehead atoms. The second kappa shape index (κ2) is 6.97. The van der Waals surface area contributed by atoms with Crippen molar-refractivity contribution in [1.82, 2.24) is 9.29 Å². The Kier molecular flexibility index (Phi) is 5.08. The van der Waals surface area contributed by atoms with Crippen molar-refractivity contribution in [3.05, 3.63) is 40.5 Å². The number of hydrogen-bond acceptors (Lipinski definition) is 5. The van der Waals surface area contributed by atoms with Gasteiger partial charge >= 0.3 is 0 Å². The number of aromatic nitrogens is 1. The van der Waals surface area contributed by atoms with E-state index in [1.807, 2.05) is 4.90 Å². The summed E-state index contributed by atoms with van der Waals surface area (Å²) in [5.74, 6) is -1.79. The largest absolute Gasteiger partial charge is 0.370 e. The van der Waals surface area contributed by atoms with Gasteiger partial charge in [0.15, 0.2) is 15.8 Å². The van der Waals surface area contributed by atoms with Gasteiger partial charge in [0.2, 0.25) is 0 Å². The van der Waals surface area contributed by atoms with E-state index in [1.54, 1.807) is 13.8 Å². The van der Waals surface area contributed by atoms with Gasteiger partial charge < -0.3 is 4.90 Å². The maximum atomic E-state index is 13.5. The molecular weight excluding hydrogens is 368 g/mol. The maximum Gasteiger partial charge on any atom is 0.254 e. The van der Waals surface area contributed by atoms with Gasteiger partial charge in [-0.1, -0.05) is 0 Å². The van der Waals surface area contributed by atoms with Gasteiger partial charge in [-0.3, -0.25) is 0 Å². The van der Waals surface area contributed by atoms with Crippen LogP contribution in [0.2, 0.25) is 0 Å². The molecule has 1 saturated heterocycles. The second-order valence-electron chi connectivity index (χ2n) is 5.95. The molecule has 1 fully saturated rings. The highest BCUT2D eigenvalue weighted by Crippen LogP contribution is 2.28. The topological polar surface area (TPSA) is 53.5 Å². The van der Waals surface area contributed by atoms with E-state index < -0.39 is 21.7 Å². The standard InChI is InChI=1S/C16H19F2N3O2S2/c1-11-16(24-12(2)19-11)25(22,23)21-7-3-6-20(8-9-21)13-4-5-14(17)15(18)10-13/h4-5,10H,3,6-9H2,1-2H3. The van der Waals surface area contributed by atoms with E-state index in [0.29, 0.717) is 42.4 Å². The minimum atomic E-state index is -3.59. The van der Waals surface area contributed by atoms with Gasteiger partial charge in [0, 0.05) is 37.9 Å². The molecule has 5 nitrogen and oxygen atoms in total. The van der Waals surface area contributed by atoms with Gasteiger partial charge in [-0.05, 0) is 32.4 Å². The molecule has 0 radical (unpaired) electrons. The molecule has 9 heteroatoms. The SMILES string of the molecule is Cc1nc(C)c(S(=O)(=O)N2CCCN(c3ccc(F)c(F)c3)CC2)s1. The summed E-state index contributed by atoms with van der Waals surface area (Å²) >= 11 is 1.18. The molecular formula is C16H19F2N3O2S2. The van der Waals surface area contributed by atoms with E-state index in [9.17, 15) is 17.2 Å². The molecule has 0 aliphatic carbocycles. The average molecular weight is 387 g/mol. The molecule has 25 heavy (non-hydrogen) atoms. The van der Waals surface area contributed by atoms with Crippen molar-refractivity contribution in [2.45, 2.75) is 24.5 Å². The zero-order valence-corrected chi connectivity index (χ0v) is 15.6. The van der Waals surface area contributed by atoms with E-state index in [-0.39, 0.29) is 10.8 Å². The third kappa shape index (κ3) is 3.68. The van der Waals surface area contributed by atoms with Crippen molar-refractivity contribution in [2.24, 2.45) is 0 Å². The molecule has 0 saturated carbocycles. The normalized spacial score (nSPS) is 16.9. The molecule has 1 aromatic carbocycles. The van der Waals surface area contributed by atoms with Crippen LogP contribution in [0.15, 0.2) is 22.4 Å². The smallest absolute Gasteiger partial charge is 0.254 e. The lowest BCUT2D eigenvalue weighted by Crippen LogP contribution is -2.35. The quantitative estimate of drug-likeness (QED) is 0.813.